The van der Waals surface area contributed by atoms with Crippen LogP contribution in [0.5, 0.6) is 0 Å². The second kappa shape index (κ2) is 2.63. The van der Waals surface area contributed by atoms with Gasteiger partial charge in [-0.1, -0.05) is 12.1 Å². The van der Waals surface area contributed by atoms with Crippen molar-refractivity contribution >= 4 is 0 Å². The van der Waals surface area contributed by atoms with Crippen molar-refractivity contribution in [2.75, 3.05) is 0 Å². The van der Waals surface area contributed by atoms with Crippen molar-refractivity contribution in [2.24, 2.45) is 5.92 Å². The van der Waals surface area contributed by atoms with Gasteiger partial charge in [0.2, 0.25) is 11.7 Å². The van der Waals surface area contributed by atoms with E-state index in [1.807, 2.05) is 0 Å². The molecule has 1 aliphatic rings. The van der Waals surface area contributed by atoms with Crippen molar-refractivity contribution in [3.8, 4) is 11.6 Å². The monoisotopic (exact) mass is 191 g/mol. The largest absolute Gasteiger partial charge is 0.339 e. The molecule has 0 spiro atoms. The fourth-order valence-corrected chi connectivity index (χ4v) is 1.46. The summed E-state index contributed by atoms with van der Waals surface area (Å²) in [5.74, 6) is 2.85. The summed E-state index contributed by atoms with van der Waals surface area (Å²) in [6.07, 6.45) is 2.56. The maximum absolute atomic E-state index is 5.13. The van der Waals surface area contributed by atoms with Gasteiger partial charge in [-0.25, -0.2) is 4.98 Å². The molecule has 1 N–H and O–H groups in total. The van der Waals surface area contributed by atoms with Crippen molar-refractivity contribution in [3.05, 3.63) is 12.2 Å². The van der Waals surface area contributed by atoms with Crippen molar-refractivity contribution < 1.29 is 4.52 Å². The maximum Gasteiger partial charge on any atom is 0.239 e. The van der Waals surface area contributed by atoms with E-state index in [1.54, 1.807) is 0 Å². The van der Waals surface area contributed by atoms with Crippen LogP contribution in [0.2, 0.25) is 0 Å². The van der Waals surface area contributed by atoms with Gasteiger partial charge in [0.1, 0.15) is 6.33 Å². The zero-order chi connectivity index (χ0) is 9.54. The summed E-state index contributed by atoms with van der Waals surface area (Å²) in [5, 5.41) is 10.3. The number of H-pyrrole nitrogens is 1. The van der Waals surface area contributed by atoms with Gasteiger partial charge in [-0.3, -0.25) is 5.10 Å². The highest BCUT2D eigenvalue weighted by molar-refractivity contribution is 5.40. The Labute approximate surface area is 79.7 Å². The van der Waals surface area contributed by atoms with E-state index in [1.165, 1.54) is 6.33 Å². The van der Waals surface area contributed by atoms with Gasteiger partial charge in [0.25, 0.3) is 0 Å². The highest BCUT2D eigenvalue weighted by Crippen LogP contribution is 2.46. The minimum atomic E-state index is 0.444. The molecule has 1 fully saturated rings. The molecule has 2 aromatic heterocycles. The van der Waals surface area contributed by atoms with Crippen LogP contribution in [0.25, 0.3) is 11.6 Å². The van der Waals surface area contributed by atoms with E-state index in [0.717, 1.165) is 6.42 Å². The van der Waals surface area contributed by atoms with Gasteiger partial charge in [0.05, 0.1) is 0 Å². The van der Waals surface area contributed by atoms with E-state index < -0.39 is 0 Å². The van der Waals surface area contributed by atoms with Gasteiger partial charge in [0.15, 0.2) is 5.82 Å². The molecule has 0 aromatic carbocycles. The number of hydrogen-bond acceptors (Lipinski definition) is 5. The smallest absolute Gasteiger partial charge is 0.239 e. The predicted molar refractivity (Wildman–Crippen MR) is 46.2 cm³/mol. The third kappa shape index (κ3) is 1.11. The third-order valence-electron chi connectivity index (χ3n) is 2.50. The first-order valence-electron chi connectivity index (χ1n) is 4.54. The summed E-state index contributed by atoms with van der Waals surface area (Å²) < 4.78 is 5.13. The molecule has 0 saturated heterocycles. The molecule has 2 aromatic rings. The van der Waals surface area contributed by atoms with Gasteiger partial charge in [-0.2, -0.15) is 10.1 Å². The Morgan fingerprint density at radius 2 is 2.43 bits per heavy atom. The van der Waals surface area contributed by atoms with Gasteiger partial charge >= 0.3 is 0 Å². The molecule has 0 amide bonds. The molecule has 72 valence electrons. The number of hydrogen-bond donors (Lipinski definition) is 1. The molecular weight excluding hydrogens is 182 g/mol. The number of rotatable bonds is 2. The first-order chi connectivity index (χ1) is 6.84. The molecule has 2 atom stereocenters. The summed E-state index contributed by atoms with van der Waals surface area (Å²) in [6.45, 7) is 2.17. The van der Waals surface area contributed by atoms with Crippen LogP contribution in [0.1, 0.15) is 25.2 Å². The molecule has 0 radical (unpaired) electrons. The Kier molecular flexibility index (Phi) is 1.44. The first kappa shape index (κ1) is 7.66. The molecule has 6 nitrogen and oxygen atoms in total. The van der Waals surface area contributed by atoms with Crippen molar-refractivity contribution in [2.45, 2.75) is 19.3 Å². The lowest BCUT2D eigenvalue weighted by molar-refractivity contribution is 0.376. The van der Waals surface area contributed by atoms with E-state index in [-0.39, 0.29) is 0 Å². The average Bonchev–Trinajstić information content (AvgIpc) is 2.72. The SMILES string of the molecule is CC1CC1c1nc(-c2ncn[nH]2)no1. The summed E-state index contributed by atoms with van der Waals surface area (Å²) >= 11 is 0. The lowest BCUT2D eigenvalue weighted by Crippen LogP contribution is -1.84. The van der Waals surface area contributed by atoms with E-state index in [9.17, 15) is 0 Å². The van der Waals surface area contributed by atoms with E-state index in [0.29, 0.717) is 29.4 Å². The van der Waals surface area contributed by atoms with Crippen molar-refractivity contribution in [1.29, 1.82) is 0 Å². The Hall–Kier alpha value is -1.72. The zero-order valence-electron chi connectivity index (χ0n) is 7.64. The summed E-state index contributed by atoms with van der Waals surface area (Å²) in [6, 6.07) is 0. The van der Waals surface area contributed by atoms with Crippen LogP contribution in [0.3, 0.4) is 0 Å². The topological polar surface area (TPSA) is 80.5 Å². The standard InChI is InChI=1S/C8H9N5O/c1-4-2-5(4)8-11-7(13-14-8)6-9-3-10-12-6/h3-5H,2H2,1H3,(H,9,10,12). The number of aromatic amines is 1. The van der Waals surface area contributed by atoms with Gasteiger partial charge in [-0.05, 0) is 12.3 Å². The molecular formula is C8H9N5O. The molecule has 6 heteroatoms. The lowest BCUT2D eigenvalue weighted by Gasteiger charge is -1.83. The van der Waals surface area contributed by atoms with Crippen LogP contribution < -0.4 is 0 Å². The van der Waals surface area contributed by atoms with E-state index in [4.69, 9.17) is 4.52 Å². The second-order valence-electron chi connectivity index (χ2n) is 3.61. The quantitative estimate of drug-likeness (QED) is 0.765. The van der Waals surface area contributed by atoms with E-state index >= 15 is 0 Å². The second-order valence-corrected chi connectivity index (χ2v) is 3.61. The summed E-state index contributed by atoms with van der Waals surface area (Å²) in [4.78, 5) is 8.20. The van der Waals surface area contributed by atoms with Gasteiger partial charge in [-0.15, -0.1) is 0 Å². The van der Waals surface area contributed by atoms with Crippen LogP contribution in [-0.4, -0.2) is 25.3 Å². The van der Waals surface area contributed by atoms with Crippen molar-refractivity contribution in [1.82, 2.24) is 25.3 Å². The Bertz CT molecular complexity index is 434. The molecule has 14 heavy (non-hydrogen) atoms. The van der Waals surface area contributed by atoms with Crippen LogP contribution in [0, 0.1) is 5.92 Å². The van der Waals surface area contributed by atoms with Crippen molar-refractivity contribution in [3.63, 3.8) is 0 Å². The molecule has 2 heterocycles. The molecule has 3 rings (SSSR count). The molecule has 1 saturated carbocycles. The molecule has 0 bridgehead atoms. The number of nitrogens with one attached hydrogen (secondary N) is 1. The maximum atomic E-state index is 5.13. The fourth-order valence-electron chi connectivity index (χ4n) is 1.46. The molecule has 2 unspecified atom stereocenters. The van der Waals surface area contributed by atoms with E-state index in [2.05, 4.69) is 32.2 Å². The van der Waals surface area contributed by atoms with Gasteiger partial charge < -0.3 is 4.52 Å². The minimum Gasteiger partial charge on any atom is -0.339 e. The highest BCUT2D eigenvalue weighted by atomic mass is 16.5. The first-order valence-corrected chi connectivity index (χ1v) is 4.54. The fraction of sp³-hybridized carbons (Fsp3) is 0.500. The Morgan fingerprint density at radius 1 is 1.57 bits per heavy atom. The molecule has 1 aliphatic carbocycles. The number of nitrogens with zero attached hydrogens (tertiary/aromatic N) is 4. The van der Waals surface area contributed by atoms with Gasteiger partial charge in [0, 0.05) is 5.92 Å². The predicted octanol–water partition coefficient (Wildman–Crippen LogP) is 0.978. The van der Waals surface area contributed by atoms with Crippen LogP contribution in [0.15, 0.2) is 10.9 Å². The molecule has 0 aliphatic heterocycles. The van der Waals surface area contributed by atoms with Crippen LogP contribution in [-0.2, 0) is 0 Å². The summed E-state index contributed by atoms with van der Waals surface area (Å²) in [7, 11) is 0. The zero-order valence-corrected chi connectivity index (χ0v) is 7.64. The normalized spacial score (nSPS) is 25.2. The Balaban J connectivity index is 1.91. The Morgan fingerprint density at radius 3 is 3.07 bits per heavy atom. The van der Waals surface area contributed by atoms with Crippen LogP contribution in [0.4, 0.5) is 0 Å². The lowest BCUT2D eigenvalue weighted by atomic mass is 10.3. The minimum absolute atomic E-state index is 0.444. The average molecular weight is 191 g/mol. The summed E-state index contributed by atoms with van der Waals surface area (Å²) in [5.41, 5.74) is 0. The highest BCUT2D eigenvalue weighted by Gasteiger charge is 2.39. The van der Waals surface area contributed by atoms with Crippen LogP contribution >= 0.6 is 0 Å². The number of aromatic nitrogens is 5. The third-order valence-corrected chi connectivity index (χ3v) is 2.50.